The Balaban J connectivity index is 1.82. The van der Waals surface area contributed by atoms with Gasteiger partial charge in [0.15, 0.2) is 11.5 Å². The van der Waals surface area contributed by atoms with E-state index in [1.807, 2.05) is 6.07 Å². The van der Waals surface area contributed by atoms with Crippen LogP contribution < -0.4 is 14.8 Å². The van der Waals surface area contributed by atoms with Crippen LogP contribution in [0.25, 0.3) is 6.08 Å². The van der Waals surface area contributed by atoms with E-state index < -0.39 is 5.91 Å². The first kappa shape index (κ1) is 23.6. The van der Waals surface area contributed by atoms with Crippen LogP contribution in [0.2, 0.25) is 5.02 Å². The second kappa shape index (κ2) is 11.0. The Bertz CT molecular complexity index is 1210. The van der Waals surface area contributed by atoms with Crippen LogP contribution in [0.1, 0.15) is 11.1 Å². The lowest BCUT2D eigenvalue weighted by Gasteiger charge is -2.14. The summed E-state index contributed by atoms with van der Waals surface area (Å²) in [5, 5.41) is 12.7. The molecule has 0 saturated heterocycles. The summed E-state index contributed by atoms with van der Waals surface area (Å²) in [5.74, 6) is -0.0671. The van der Waals surface area contributed by atoms with Gasteiger partial charge < -0.3 is 14.8 Å². The molecule has 3 rings (SSSR count). The lowest BCUT2D eigenvalue weighted by atomic mass is 10.1. The molecule has 0 fully saturated rings. The average Bonchev–Trinajstić information content (AvgIpc) is 2.78. The van der Waals surface area contributed by atoms with Crippen molar-refractivity contribution in [3.05, 3.63) is 91.8 Å². The Hall–Kier alpha value is -3.09. The highest BCUT2D eigenvalue weighted by atomic mass is 127. The van der Waals surface area contributed by atoms with Gasteiger partial charge in [0.1, 0.15) is 24.1 Å². The number of methoxy groups -OCH3 is 1. The molecule has 0 spiro atoms. The van der Waals surface area contributed by atoms with Gasteiger partial charge in [-0.05, 0) is 76.7 Å². The van der Waals surface area contributed by atoms with Crippen LogP contribution >= 0.6 is 34.2 Å². The van der Waals surface area contributed by atoms with Crippen LogP contribution in [0.4, 0.5) is 10.1 Å². The predicted octanol–water partition coefficient (Wildman–Crippen LogP) is 6.22. The predicted molar refractivity (Wildman–Crippen MR) is 130 cm³/mol. The Morgan fingerprint density at radius 3 is 2.59 bits per heavy atom. The highest BCUT2D eigenvalue weighted by Crippen LogP contribution is 2.35. The minimum atomic E-state index is -0.552. The minimum absolute atomic E-state index is 0.0289. The third-order valence-electron chi connectivity index (χ3n) is 4.36. The zero-order chi connectivity index (χ0) is 23.1. The first-order valence-electron chi connectivity index (χ1n) is 9.33. The smallest absolute Gasteiger partial charge is 0.266 e. The maximum Gasteiger partial charge on any atom is 0.266 e. The molecule has 0 atom stereocenters. The average molecular weight is 563 g/mol. The van der Waals surface area contributed by atoms with Gasteiger partial charge in [-0.3, -0.25) is 4.79 Å². The normalized spacial score (nSPS) is 10.9. The van der Waals surface area contributed by atoms with Crippen molar-refractivity contribution in [1.29, 1.82) is 5.26 Å². The molecule has 3 aromatic rings. The number of carbonyl (C=O) groups is 1. The fourth-order valence-electron chi connectivity index (χ4n) is 2.78. The van der Waals surface area contributed by atoms with Gasteiger partial charge in [-0.25, -0.2) is 4.39 Å². The SMILES string of the molecule is COc1cc(/C=C(/C#N)C(=O)Nc2ccc(Cl)cc2)cc(I)c1OCc1ccccc1F. The molecule has 0 saturated carbocycles. The monoisotopic (exact) mass is 562 g/mol. The molecule has 0 aliphatic rings. The molecule has 0 aliphatic carbocycles. The fraction of sp³-hybridized carbons (Fsp3) is 0.0833. The van der Waals surface area contributed by atoms with Crippen LogP contribution in [-0.2, 0) is 11.4 Å². The number of halogens is 3. The van der Waals surface area contributed by atoms with E-state index in [9.17, 15) is 14.4 Å². The molecule has 1 N–H and O–H groups in total. The van der Waals surface area contributed by atoms with Gasteiger partial charge >= 0.3 is 0 Å². The summed E-state index contributed by atoms with van der Waals surface area (Å²) in [6.45, 7) is 0.0289. The van der Waals surface area contributed by atoms with Crippen LogP contribution in [0.15, 0.2) is 66.2 Å². The number of nitriles is 1. The van der Waals surface area contributed by atoms with Gasteiger partial charge in [-0.1, -0.05) is 29.8 Å². The molecule has 32 heavy (non-hydrogen) atoms. The van der Waals surface area contributed by atoms with Crippen molar-refractivity contribution in [2.24, 2.45) is 0 Å². The Labute approximate surface area is 203 Å². The molecule has 0 heterocycles. The number of anilines is 1. The lowest BCUT2D eigenvalue weighted by Crippen LogP contribution is -2.13. The van der Waals surface area contributed by atoms with E-state index in [1.54, 1.807) is 54.6 Å². The van der Waals surface area contributed by atoms with Crippen molar-refractivity contribution in [1.82, 2.24) is 0 Å². The standard InChI is InChI=1S/C24H17ClFIN2O3/c1-31-22-12-15(10-17(13-28)24(30)29-19-8-6-18(25)7-9-19)11-21(27)23(22)32-14-16-4-2-3-5-20(16)26/h2-12H,14H2,1H3,(H,29,30)/b17-10-. The van der Waals surface area contributed by atoms with Gasteiger partial charge in [0.25, 0.3) is 5.91 Å². The van der Waals surface area contributed by atoms with E-state index in [4.69, 9.17) is 21.1 Å². The number of carbonyl (C=O) groups excluding carboxylic acids is 1. The molecule has 0 radical (unpaired) electrons. The number of nitrogens with one attached hydrogen (secondary N) is 1. The van der Waals surface area contributed by atoms with E-state index in [2.05, 4.69) is 27.9 Å². The maximum atomic E-state index is 13.9. The molecule has 8 heteroatoms. The molecule has 0 aromatic heterocycles. The van der Waals surface area contributed by atoms with E-state index in [0.717, 1.165) is 0 Å². The van der Waals surface area contributed by atoms with Crippen molar-refractivity contribution in [3.8, 4) is 17.6 Å². The maximum absolute atomic E-state index is 13.9. The molecule has 0 unspecified atom stereocenters. The Morgan fingerprint density at radius 2 is 1.94 bits per heavy atom. The number of ether oxygens (including phenoxy) is 2. The zero-order valence-corrected chi connectivity index (χ0v) is 19.8. The summed E-state index contributed by atoms with van der Waals surface area (Å²) in [5.41, 5.74) is 1.43. The third kappa shape index (κ3) is 5.99. The molecule has 0 aliphatic heterocycles. The van der Waals surface area contributed by atoms with Crippen molar-refractivity contribution in [3.63, 3.8) is 0 Å². The van der Waals surface area contributed by atoms with Gasteiger partial charge in [0, 0.05) is 16.3 Å². The second-order valence-corrected chi connectivity index (χ2v) is 8.14. The largest absolute Gasteiger partial charge is 0.493 e. The summed E-state index contributed by atoms with van der Waals surface area (Å²) in [7, 11) is 1.48. The summed E-state index contributed by atoms with van der Waals surface area (Å²) in [4.78, 5) is 12.5. The number of nitrogens with zero attached hydrogens (tertiary/aromatic N) is 1. The van der Waals surface area contributed by atoms with E-state index in [0.29, 0.717) is 36.9 Å². The third-order valence-corrected chi connectivity index (χ3v) is 5.41. The number of rotatable bonds is 7. The first-order chi connectivity index (χ1) is 15.4. The van der Waals surface area contributed by atoms with Gasteiger partial charge in [0.05, 0.1) is 10.7 Å². The number of amides is 1. The molecular formula is C24H17ClFIN2O3. The lowest BCUT2D eigenvalue weighted by molar-refractivity contribution is -0.112. The first-order valence-corrected chi connectivity index (χ1v) is 10.8. The summed E-state index contributed by atoms with van der Waals surface area (Å²) in [6, 6.07) is 18.2. The van der Waals surface area contributed by atoms with E-state index in [-0.39, 0.29) is 18.0 Å². The van der Waals surface area contributed by atoms with Crippen molar-refractivity contribution in [2.75, 3.05) is 12.4 Å². The number of hydrogen-bond acceptors (Lipinski definition) is 4. The molecule has 1 amide bonds. The van der Waals surface area contributed by atoms with E-state index in [1.165, 1.54) is 19.3 Å². The molecule has 5 nitrogen and oxygen atoms in total. The molecule has 0 bridgehead atoms. The van der Waals surface area contributed by atoms with Crippen LogP contribution in [-0.4, -0.2) is 13.0 Å². The van der Waals surface area contributed by atoms with Crippen molar-refractivity contribution < 1.29 is 18.7 Å². The van der Waals surface area contributed by atoms with Gasteiger partial charge in [-0.2, -0.15) is 5.26 Å². The quantitative estimate of drug-likeness (QED) is 0.211. The minimum Gasteiger partial charge on any atom is -0.493 e. The summed E-state index contributed by atoms with van der Waals surface area (Å²) < 4.78 is 25.8. The fourth-order valence-corrected chi connectivity index (χ4v) is 3.68. The summed E-state index contributed by atoms with van der Waals surface area (Å²) in [6.07, 6.45) is 1.45. The van der Waals surface area contributed by atoms with Gasteiger partial charge in [0.2, 0.25) is 0 Å². The molecule has 162 valence electrons. The highest BCUT2D eigenvalue weighted by molar-refractivity contribution is 14.1. The Kier molecular flexibility index (Phi) is 8.09. The zero-order valence-electron chi connectivity index (χ0n) is 16.9. The molecule has 3 aromatic carbocycles. The van der Waals surface area contributed by atoms with Gasteiger partial charge in [-0.15, -0.1) is 0 Å². The number of benzene rings is 3. The highest BCUT2D eigenvalue weighted by Gasteiger charge is 2.15. The van der Waals surface area contributed by atoms with Crippen molar-refractivity contribution in [2.45, 2.75) is 6.61 Å². The molecular weight excluding hydrogens is 546 g/mol. The number of hydrogen-bond donors (Lipinski definition) is 1. The van der Waals surface area contributed by atoms with Crippen LogP contribution in [0.3, 0.4) is 0 Å². The van der Waals surface area contributed by atoms with Crippen LogP contribution in [0.5, 0.6) is 11.5 Å². The van der Waals surface area contributed by atoms with Crippen molar-refractivity contribution >= 4 is 51.9 Å². The van der Waals surface area contributed by atoms with E-state index >= 15 is 0 Å². The van der Waals surface area contributed by atoms with Crippen LogP contribution in [0, 0.1) is 20.7 Å². The Morgan fingerprint density at radius 1 is 1.22 bits per heavy atom. The topological polar surface area (TPSA) is 71.3 Å². The second-order valence-electron chi connectivity index (χ2n) is 6.55. The summed E-state index contributed by atoms with van der Waals surface area (Å²) >= 11 is 7.91.